The monoisotopic (exact) mass is 326 g/mol. The van der Waals surface area contributed by atoms with Crippen LogP contribution in [0.5, 0.6) is 5.75 Å². The lowest BCUT2D eigenvalue weighted by atomic mass is 9.71. The number of rotatable bonds is 1. The van der Waals surface area contributed by atoms with E-state index in [9.17, 15) is 19.5 Å². The van der Waals surface area contributed by atoms with E-state index in [2.05, 4.69) is 5.32 Å². The van der Waals surface area contributed by atoms with E-state index in [1.165, 1.54) is 12.1 Å². The molecule has 3 amide bonds. The molecule has 1 aromatic carbocycles. The number of likely N-dealkylation sites (tertiary alicyclic amines) is 1. The molecule has 2 heterocycles. The Bertz CT molecular complexity index is 781. The first kappa shape index (κ1) is 14.9. The minimum Gasteiger partial charge on any atom is -0.508 e. The molecule has 0 unspecified atom stereocenters. The predicted octanol–water partition coefficient (Wildman–Crippen LogP) is 1.07. The molecule has 2 aliphatic heterocycles. The number of hydrogen-bond donors (Lipinski definition) is 2. The summed E-state index contributed by atoms with van der Waals surface area (Å²) in [5, 5.41) is 11.8. The van der Waals surface area contributed by atoms with Gasteiger partial charge in [0.15, 0.2) is 0 Å². The largest absolute Gasteiger partial charge is 0.508 e. The lowest BCUT2D eigenvalue weighted by molar-refractivity contribution is -0.126. The van der Waals surface area contributed by atoms with Crippen LogP contribution in [0.25, 0.3) is 0 Å². The van der Waals surface area contributed by atoms with Crippen molar-refractivity contribution in [1.82, 2.24) is 10.2 Å². The molecule has 0 radical (unpaired) electrons. The van der Waals surface area contributed by atoms with Crippen molar-refractivity contribution in [2.75, 3.05) is 13.1 Å². The molecule has 4 rings (SSSR count). The first-order valence-electron chi connectivity index (χ1n) is 8.07. The Morgan fingerprint density at radius 2 is 1.88 bits per heavy atom. The first-order valence-corrected chi connectivity index (χ1v) is 8.07. The summed E-state index contributed by atoms with van der Waals surface area (Å²) in [5.41, 5.74) is 2.74. The summed E-state index contributed by atoms with van der Waals surface area (Å²) in [6.07, 6.45) is 0.593. The zero-order chi connectivity index (χ0) is 17.0. The van der Waals surface area contributed by atoms with Gasteiger partial charge in [0.25, 0.3) is 5.91 Å². The van der Waals surface area contributed by atoms with Crippen LogP contribution in [0.1, 0.15) is 23.7 Å². The number of nitrogens with zero attached hydrogens (tertiary/aromatic N) is 1. The van der Waals surface area contributed by atoms with Crippen molar-refractivity contribution in [3.05, 3.63) is 41.0 Å². The molecule has 6 heteroatoms. The van der Waals surface area contributed by atoms with Crippen LogP contribution in [-0.4, -0.2) is 40.8 Å². The highest BCUT2D eigenvalue weighted by Crippen LogP contribution is 2.45. The summed E-state index contributed by atoms with van der Waals surface area (Å²) < 4.78 is 0. The molecule has 2 N–H and O–H groups in total. The predicted molar refractivity (Wildman–Crippen MR) is 84.9 cm³/mol. The van der Waals surface area contributed by atoms with E-state index >= 15 is 0 Å². The quantitative estimate of drug-likeness (QED) is 0.597. The fourth-order valence-corrected chi connectivity index (χ4v) is 4.25. The zero-order valence-electron chi connectivity index (χ0n) is 13.3. The summed E-state index contributed by atoms with van der Waals surface area (Å²) >= 11 is 0. The van der Waals surface area contributed by atoms with Crippen LogP contribution >= 0.6 is 0 Å². The Kier molecular flexibility index (Phi) is 3.23. The van der Waals surface area contributed by atoms with Crippen LogP contribution < -0.4 is 5.32 Å². The third-order valence-electron chi connectivity index (χ3n) is 5.45. The highest BCUT2D eigenvalue weighted by Gasteiger charge is 2.52. The van der Waals surface area contributed by atoms with Crippen molar-refractivity contribution in [2.45, 2.75) is 13.3 Å². The Morgan fingerprint density at radius 3 is 2.58 bits per heavy atom. The number of fused-ring (bicyclic) bond motifs is 3. The first-order chi connectivity index (χ1) is 11.5. The van der Waals surface area contributed by atoms with Gasteiger partial charge in [0.05, 0.1) is 11.8 Å². The Morgan fingerprint density at radius 1 is 1.17 bits per heavy atom. The molecule has 1 aromatic rings. The van der Waals surface area contributed by atoms with E-state index < -0.39 is 0 Å². The van der Waals surface area contributed by atoms with Gasteiger partial charge in [0.1, 0.15) is 5.75 Å². The fourth-order valence-electron chi connectivity index (χ4n) is 4.25. The maximum Gasteiger partial charge on any atom is 0.254 e. The third-order valence-corrected chi connectivity index (χ3v) is 5.45. The van der Waals surface area contributed by atoms with Crippen molar-refractivity contribution in [1.29, 1.82) is 0 Å². The Hall–Kier alpha value is -2.63. The number of allylic oxidation sites excluding steroid dienone is 1. The molecule has 0 spiro atoms. The van der Waals surface area contributed by atoms with Crippen molar-refractivity contribution in [2.24, 2.45) is 17.8 Å². The molecule has 0 aromatic heterocycles. The summed E-state index contributed by atoms with van der Waals surface area (Å²) in [4.78, 5) is 38.6. The molecule has 24 heavy (non-hydrogen) atoms. The maximum absolute atomic E-state index is 12.7. The number of aromatic hydroxyl groups is 1. The minimum atomic E-state index is -0.353. The van der Waals surface area contributed by atoms with Crippen molar-refractivity contribution >= 4 is 17.7 Å². The van der Waals surface area contributed by atoms with Crippen LogP contribution in [-0.2, 0) is 9.59 Å². The van der Waals surface area contributed by atoms with E-state index in [1.54, 1.807) is 17.0 Å². The number of amides is 3. The molecule has 0 saturated carbocycles. The topological polar surface area (TPSA) is 86.7 Å². The molecule has 1 aliphatic carbocycles. The number of carbonyl (C=O) groups is 3. The summed E-state index contributed by atoms with van der Waals surface area (Å²) in [7, 11) is 0. The molecule has 124 valence electrons. The van der Waals surface area contributed by atoms with Crippen LogP contribution in [0.3, 0.4) is 0 Å². The van der Waals surface area contributed by atoms with Gasteiger partial charge in [-0.2, -0.15) is 0 Å². The van der Waals surface area contributed by atoms with Crippen molar-refractivity contribution < 1.29 is 19.5 Å². The van der Waals surface area contributed by atoms with E-state index in [1.807, 2.05) is 6.92 Å². The molecule has 2 fully saturated rings. The molecular weight excluding hydrogens is 308 g/mol. The van der Waals surface area contributed by atoms with Crippen LogP contribution in [0.4, 0.5) is 0 Å². The molecular formula is C18H18N2O4. The highest BCUT2D eigenvalue weighted by atomic mass is 16.3. The second kappa shape index (κ2) is 5.19. The van der Waals surface area contributed by atoms with Gasteiger partial charge in [-0.3, -0.25) is 19.7 Å². The lowest BCUT2D eigenvalue weighted by Gasteiger charge is -2.29. The molecule has 6 nitrogen and oxygen atoms in total. The van der Waals surface area contributed by atoms with Crippen molar-refractivity contribution in [3.63, 3.8) is 0 Å². The summed E-state index contributed by atoms with van der Waals surface area (Å²) in [6.45, 7) is 2.94. The standard InChI is InChI=1S/C18H18N2O4/c1-9-6-12-15(17(23)19-16(12)22)14-8-20(7-13(9)14)18(24)10-2-4-11(21)5-3-10/h2-5,12,14-15,21H,6-8H2,1H3,(H,19,22,23)/t12-,14-,15-/m1/s1. The number of nitrogens with one attached hydrogen (secondary N) is 1. The molecule has 0 bridgehead atoms. The Balaban J connectivity index is 1.62. The van der Waals surface area contributed by atoms with Crippen LogP contribution in [0.15, 0.2) is 35.4 Å². The van der Waals surface area contributed by atoms with Crippen LogP contribution in [0.2, 0.25) is 0 Å². The van der Waals surface area contributed by atoms with Gasteiger partial charge in [0, 0.05) is 24.6 Å². The summed E-state index contributed by atoms with van der Waals surface area (Å²) in [5.74, 6) is -1.12. The number of benzene rings is 1. The second-order valence-electron chi connectivity index (χ2n) is 6.83. The number of imide groups is 1. The van der Waals surface area contributed by atoms with Gasteiger partial charge in [-0.15, -0.1) is 0 Å². The smallest absolute Gasteiger partial charge is 0.254 e. The van der Waals surface area contributed by atoms with Crippen LogP contribution in [0, 0.1) is 17.8 Å². The summed E-state index contributed by atoms with van der Waals surface area (Å²) in [6, 6.07) is 6.16. The van der Waals surface area contributed by atoms with Gasteiger partial charge in [0.2, 0.25) is 11.8 Å². The normalized spacial score (nSPS) is 28.7. The van der Waals surface area contributed by atoms with Gasteiger partial charge in [-0.05, 0) is 43.2 Å². The maximum atomic E-state index is 12.7. The fraction of sp³-hybridized carbons (Fsp3) is 0.389. The number of phenols is 1. The minimum absolute atomic E-state index is 0.0729. The molecule has 3 atom stereocenters. The van der Waals surface area contributed by atoms with Crippen molar-refractivity contribution in [3.8, 4) is 5.75 Å². The van der Waals surface area contributed by atoms with Gasteiger partial charge >= 0.3 is 0 Å². The average Bonchev–Trinajstić information content (AvgIpc) is 3.10. The number of carbonyl (C=O) groups excluding carboxylic acids is 3. The molecule has 3 aliphatic rings. The van der Waals surface area contributed by atoms with E-state index in [0.29, 0.717) is 25.1 Å². The average molecular weight is 326 g/mol. The van der Waals surface area contributed by atoms with Gasteiger partial charge in [-0.25, -0.2) is 0 Å². The van der Waals surface area contributed by atoms with Gasteiger partial charge in [-0.1, -0.05) is 5.57 Å². The zero-order valence-corrected chi connectivity index (χ0v) is 13.3. The SMILES string of the molecule is CC1=C2CN(C(=O)c3ccc(O)cc3)C[C@H]2[C@@H]2C(=O)NC(=O)[C@@H]2C1. The second-order valence-corrected chi connectivity index (χ2v) is 6.83. The van der Waals surface area contributed by atoms with E-state index in [4.69, 9.17) is 0 Å². The van der Waals surface area contributed by atoms with E-state index in [0.717, 1.165) is 11.1 Å². The highest BCUT2D eigenvalue weighted by molar-refractivity contribution is 6.06. The lowest BCUT2D eigenvalue weighted by Crippen LogP contribution is -2.34. The molecule has 2 saturated heterocycles. The van der Waals surface area contributed by atoms with Gasteiger partial charge < -0.3 is 10.0 Å². The third kappa shape index (κ3) is 2.13. The Labute approximate surface area is 139 Å². The number of hydrogen-bond acceptors (Lipinski definition) is 4. The number of phenolic OH excluding ortho intramolecular Hbond substituents is 1. The van der Waals surface area contributed by atoms with E-state index in [-0.39, 0.29) is 41.2 Å².